The van der Waals surface area contributed by atoms with Gasteiger partial charge in [0.2, 0.25) is 5.43 Å². The second kappa shape index (κ2) is 10.9. The molecule has 3 rings (SSSR count). The summed E-state index contributed by atoms with van der Waals surface area (Å²) in [6.07, 6.45) is 1.64. The standard InChI is InChI=1S/C24H30F2N2O6/c1-5-14(4)19(24(31)34-7-3)28-13-16(23(30)33-6-2)22(29)15-12-17(25)21(18(26)20(15)28)27-8-10-32-11-9-27/h12-14,19H,5-11H2,1-4H3. The fourth-order valence-electron chi connectivity index (χ4n) is 4.15. The monoisotopic (exact) mass is 480 g/mol. The number of halogens is 2. The molecule has 1 aromatic carbocycles. The highest BCUT2D eigenvalue weighted by Crippen LogP contribution is 2.34. The molecule has 10 heteroatoms. The Labute approximate surface area is 196 Å². The van der Waals surface area contributed by atoms with Crippen LogP contribution in [0.2, 0.25) is 0 Å². The number of nitrogens with zero attached hydrogens (tertiary/aromatic N) is 2. The van der Waals surface area contributed by atoms with Gasteiger partial charge in [0.15, 0.2) is 5.82 Å². The minimum atomic E-state index is -1.06. The first-order chi connectivity index (χ1) is 16.3. The Morgan fingerprint density at radius 1 is 1.12 bits per heavy atom. The van der Waals surface area contributed by atoms with Gasteiger partial charge in [0.1, 0.15) is 23.1 Å². The molecule has 1 aliphatic rings. The molecule has 34 heavy (non-hydrogen) atoms. The molecule has 2 aromatic rings. The van der Waals surface area contributed by atoms with Gasteiger partial charge in [-0.1, -0.05) is 20.3 Å². The SMILES string of the molecule is CCOC(=O)c1cn(C(C(=O)OCC)C(C)CC)c2c(F)c(N3CCOCC3)c(F)cc2c1=O. The Morgan fingerprint density at radius 2 is 1.76 bits per heavy atom. The molecule has 8 nitrogen and oxygen atoms in total. The minimum absolute atomic E-state index is 0.00166. The maximum atomic E-state index is 16.1. The third-order valence-corrected chi connectivity index (χ3v) is 6.02. The van der Waals surface area contributed by atoms with Gasteiger partial charge in [0, 0.05) is 19.3 Å². The molecule has 0 bridgehead atoms. The number of morpholine rings is 1. The fourth-order valence-corrected chi connectivity index (χ4v) is 4.15. The van der Waals surface area contributed by atoms with Crippen molar-refractivity contribution in [1.82, 2.24) is 4.57 Å². The van der Waals surface area contributed by atoms with Crippen molar-refractivity contribution in [2.24, 2.45) is 5.92 Å². The molecule has 0 amide bonds. The van der Waals surface area contributed by atoms with Crippen LogP contribution < -0.4 is 10.3 Å². The van der Waals surface area contributed by atoms with E-state index in [0.717, 1.165) is 12.3 Å². The van der Waals surface area contributed by atoms with E-state index in [0.29, 0.717) is 19.6 Å². The number of aromatic nitrogens is 1. The van der Waals surface area contributed by atoms with E-state index in [2.05, 4.69) is 0 Å². The highest BCUT2D eigenvalue weighted by molar-refractivity contribution is 5.95. The molecular weight excluding hydrogens is 450 g/mol. The van der Waals surface area contributed by atoms with Gasteiger partial charge in [-0.3, -0.25) is 4.79 Å². The summed E-state index contributed by atoms with van der Waals surface area (Å²) in [5.41, 5.74) is -1.86. The summed E-state index contributed by atoms with van der Waals surface area (Å²) in [5.74, 6) is -3.85. The first-order valence-corrected chi connectivity index (χ1v) is 11.5. The topological polar surface area (TPSA) is 87.1 Å². The minimum Gasteiger partial charge on any atom is -0.464 e. The molecule has 2 unspecified atom stereocenters. The normalized spacial score (nSPS) is 15.8. The van der Waals surface area contributed by atoms with Crippen molar-refractivity contribution >= 4 is 28.5 Å². The van der Waals surface area contributed by atoms with Crippen LogP contribution in [-0.4, -0.2) is 56.0 Å². The molecule has 0 spiro atoms. The Balaban J connectivity index is 2.40. The van der Waals surface area contributed by atoms with Crippen molar-refractivity contribution < 1.29 is 32.6 Å². The number of esters is 2. The summed E-state index contributed by atoms with van der Waals surface area (Å²) in [6, 6.07) is -0.137. The summed E-state index contributed by atoms with van der Waals surface area (Å²) in [6.45, 7) is 8.05. The van der Waals surface area contributed by atoms with Gasteiger partial charge in [0.25, 0.3) is 0 Å². The van der Waals surface area contributed by atoms with Crippen molar-refractivity contribution in [1.29, 1.82) is 0 Å². The summed E-state index contributed by atoms with van der Waals surface area (Å²) in [4.78, 5) is 40.2. The van der Waals surface area contributed by atoms with Crippen molar-refractivity contribution in [2.75, 3.05) is 44.4 Å². The van der Waals surface area contributed by atoms with Crippen LogP contribution in [0.4, 0.5) is 14.5 Å². The summed E-state index contributed by atoms with van der Waals surface area (Å²) >= 11 is 0. The lowest BCUT2D eigenvalue weighted by atomic mass is 9.97. The number of pyridine rings is 1. The van der Waals surface area contributed by atoms with E-state index in [4.69, 9.17) is 14.2 Å². The molecular formula is C24H30F2N2O6. The summed E-state index contributed by atoms with van der Waals surface area (Å²) < 4.78 is 48.0. The Hall–Kier alpha value is -3.01. The molecule has 1 saturated heterocycles. The molecule has 1 aliphatic heterocycles. The van der Waals surface area contributed by atoms with E-state index in [1.165, 1.54) is 9.47 Å². The van der Waals surface area contributed by atoms with E-state index in [-0.39, 0.29) is 48.8 Å². The predicted molar refractivity (Wildman–Crippen MR) is 122 cm³/mol. The number of benzene rings is 1. The number of fused-ring (bicyclic) bond motifs is 1. The maximum absolute atomic E-state index is 16.1. The maximum Gasteiger partial charge on any atom is 0.343 e. The number of anilines is 1. The number of hydrogen-bond donors (Lipinski definition) is 0. The number of rotatable bonds is 8. The molecule has 0 radical (unpaired) electrons. The Bertz CT molecular complexity index is 1130. The zero-order chi connectivity index (χ0) is 25.0. The number of ether oxygens (including phenoxy) is 3. The van der Waals surface area contributed by atoms with Crippen LogP contribution in [0.5, 0.6) is 0 Å². The zero-order valence-electron chi connectivity index (χ0n) is 19.9. The second-order valence-electron chi connectivity index (χ2n) is 8.10. The fraction of sp³-hybridized carbons (Fsp3) is 0.542. The zero-order valence-corrected chi connectivity index (χ0v) is 19.9. The van der Waals surface area contributed by atoms with Crippen molar-refractivity contribution in [3.63, 3.8) is 0 Å². The first-order valence-electron chi connectivity index (χ1n) is 11.5. The Kier molecular flexibility index (Phi) is 8.24. The largest absolute Gasteiger partial charge is 0.464 e. The van der Waals surface area contributed by atoms with Crippen molar-refractivity contribution in [3.05, 3.63) is 39.7 Å². The van der Waals surface area contributed by atoms with Gasteiger partial charge < -0.3 is 23.7 Å². The molecule has 0 aliphatic carbocycles. The van der Waals surface area contributed by atoms with Gasteiger partial charge in [-0.25, -0.2) is 18.4 Å². The number of hydrogen-bond acceptors (Lipinski definition) is 7. The van der Waals surface area contributed by atoms with Gasteiger partial charge in [-0.15, -0.1) is 0 Å². The van der Waals surface area contributed by atoms with Crippen molar-refractivity contribution in [2.45, 2.75) is 40.2 Å². The smallest absolute Gasteiger partial charge is 0.343 e. The van der Waals surface area contributed by atoms with E-state index in [1.54, 1.807) is 20.8 Å². The molecule has 186 valence electrons. The van der Waals surface area contributed by atoms with Gasteiger partial charge in [-0.2, -0.15) is 0 Å². The van der Waals surface area contributed by atoms with Crippen LogP contribution in [0.1, 0.15) is 50.5 Å². The van der Waals surface area contributed by atoms with Gasteiger partial charge in [-0.05, 0) is 25.8 Å². The average molecular weight is 481 g/mol. The van der Waals surface area contributed by atoms with E-state index >= 15 is 8.78 Å². The molecule has 1 fully saturated rings. The third kappa shape index (κ3) is 4.77. The van der Waals surface area contributed by atoms with Crippen LogP contribution in [-0.2, 0) is 19.0 Å². The molecule has 0 saturated carbocycles. The molecule has 0 N–H and O–H groups in total. The van der Waals surface area contributed by atoms with E-state index in [1.807, 2.05) is 6.92 Å². The number of carbonyl (C=O) groups excluding carboxylic acids is 2. The first kappa shape index (κ1) is 25.6. The quantitative estimate of drug-likeness (QED) is 0.535. The molecule has 2 heterocycles. The lowest BCUT2D eigenvalue weighted by Gasteiger charge is -2.31. The van der Waals surface area contributed by atoms with Crippen LogP contribution in [0.25, 0.3) is 10.9 Å². The van der Waals surface area contributed by atoms with Crippen LogP contribution in [0, 0.1) is 17.6 Å². The van der Waals surface area contributed by atoms with Crippen LogP contribution in [0.15, 0.2) is 17.1 Å². The van der Waals surface area contributed by atoms with Gasteiger partial charge >= 0.3 is 11.9 Å². The lowest BCUT2D eigenvalue weighted by molar-refractivity contribution is -0.148. The average Bonchev–Trinajstić information content (AvgIpc) is 2.81. The number of carbonyl (C=O) groups is 2. The second-order valence-corrected chi connectivity index (χ2v) is 8.10. The molecule has 2 atom stereocenters. The Morgan fingerprint density at radius 3 is 2.35 bits per heavy atom. The van der Waals surface area contributed by atoms with Gasteiger partial charge in [0.05, 0.1) is 37.3 Å². The summed E-state index contributed by atoms with van der Waals surface area (Å²) in [7, 11) is 0. The van der Waals surface area contributed by atoms with E-state index in [9.17, 15) is 14.4 Å². The third-order valence-electron chi connectivity index (χ3n) is 6.02. The van der Waals surface area contributed by atoms with Crippen LogP contribution >= 0.6 is 0 Å². The lowest BCUT2D eigenvalue weighted by Crippen LogP contribution is -2.38. The molecule has 1 aromatic heterocycles. The summed E-state index contributed by atoms with van der Waals surface area (Å²) in [5, 5.41) is -0.352. The van der Waals surface area contributed by atoms with Crippen molar-refractivity contribution in [3.8, 4) is 0 Å². The highest BCUT2D eigenvalue weighted by Gasteiger charge is 2.33. The van der Waals surface area contributed by atoms with E-state index < -0.39 is 40.6 Å². The highest BCUT2D eigenvalue weighted by atomic mass is 19.1. The van der Waals surface area contributed by atoms with Crippen LogP contribution in [0.3, 0.4) is 0 Å². The predicted octanol–water partition coefficient (Wildman–Crippen LogP) is 3.44.